The number of rotatable bonds is 7. The van der Waals surface area contributed by atoms with Crippen molar-refractivity contribution < 1.29 is 9.84 Å². The number of nitrogens with zero attached hydrogens (tertiary/aromatic N) is 1. The smallest absolute Gasteiger partial charge is 0.0593 e. The molecule has 0 spiro atoms. The number of piperidine rings is 1. The van der Waals surface area contributed by atoms with Gasteiger partial charge in [-0.2, -0.15) is 0 Å². The molecule has 0 aliphatic carbocycles. The first-order chi connectivity index (χ1) is 9.79. The van der Waals surface area contributed by atoms with Gasteiger partial charge < -0.3 is 14.7 Å². The summed E-state index contributed by atoms with van der Waals surface area (Å²) in [5.74, 6) is 0.974. The molecule has 1 aromatic rings. The zero-order chi connectivity index (χ0) is 14.2. The lowest BCUT2D eigenvalue weighted by atomic mass is 9.98. The Morgan fingerprint density at radius 1 is 1.25 bits per heavy atom. The van der Waals surface area contributed by atoms with Crippen LogP contribution in [-0.4, -0.2) is 49.5 Å². The number of hydrogen-bond donors (Lipinski definition) is 1. The average molecular weight is 277 g/mol. The van der Waals surface area contributed by atoms with E-state index < -0.39 is 0 Å². The van der Waals surface area contributed by atoms with E-state index in [4.69, 9.17) is 9.84 Å². The van der Waals surface area contributed by atoms with E-state index in [9.17, 15) is 0 Å². The van der Waals surface area contributed by atoms with E-state index in [2.05, 4.69) is 36.1 Å². The van der Waals surface area contributed by atoms with Gasteiger partial charge in [-0.05, 0) is 37.4 Å². The number of aliphatic hydroxyl groups excluding tert-OH is 1. The summed E-state index contributed by atoms with van der Waals surface area (Å²) in [6.45, 7) is 7.37. The standard InChI is InChI=1S/C17H27NO2/c1-15(17-5-3-2-4-6-17)14-20-12-11-18-9-7-16(13-19)8-10-18/h2-6,15-16,19H,7-14H2,1H3/t15-/m1/s1. The predicted molar refractivity (Wildman–Crippen MR) is 81.9 cm³/mol. The number of ether oxygens (including phenoxy) is 1. The molecule has 1 aliphatic heterocycles. The molecular weight excluding hydrogens is 250 g/mol. The Labute approximate surface area is 122 Å². The lowest BCUT2D eigenvalue weighted by molar-refractivity contribution is 0.0737. The summed E-state index contributed by atoms with van der Waals surface area (Å²) in [7, 11) is 0. The summed E-state index contributed by atoms with van der Waals surface area (Å²) in [4.78, 5) is 2.44. The lowest BCUT2D eigenvalue weighted by Crippen LogP contribution is -2.37. The van der Waals surface area contributed by atoms with Crippen LogP contribution in [0.15, 0.2) is 30.3 Å². The first-order valence-corrected chi connectivity index (χ1v) is 7.75. The monoisotopic (exact) mass is 277 g/mol. The first kappa shape index (κ1) is 15.5. The van der Waals surface area contributed by atoms with E-state index in [1.165, 1.54) is 5.56 Å². The number of benzene rings is 1. The van der Waals surface area contributed by atoms with Crippen LogP contribution in [0, 0.1) is 5.92 Å². The van der Waals surface area contributed by atoms with Crippen LogP contribution in [0.2, 0.25) is 0 Å². The Bertz CT molecular complexity index is 361. The Morgan fingerprint density at radius 2 is 1.95 bits per heavy atom. The van der Waals surface area contributed by atoms with Crippen LogP contribution in [0.5, 0.6) is 0 Å². The fourth-order valence-electron chi connectivity index (χ4n) is 2.72. The van der Waals surface area contributed by atoms with Crippen molar-refractivity contribution in [2.45, 2.75) is 25.7 Å². The van der Waals surface area contributed by atoms with Gasteiger partial charge in [-0.25, -0.2) is 0 Å². The van der Waals surface area contributed by atoms with E-state index in [0.717, 1.165) is 45.7 Å². The maximum Gasteiger partial charge on any atom is 0.0593 e. The van der Waals surface area contributed by atoms with Crippen LogP contribution >= 0.6 is 0 Å². The quantitative estimate of drug-likeness (QED) is 0.777. The van der Waals surface area contributed by atoms with Gasteiger partial charge in [0.2, 0.25) is 0 Å². The van der Waals surface area contributed by atoms with Gasteiger partial charge in [-0.3, -0.25) is 0 Å². The van der Waals surface area contributed by atoms with Crippen molar-refractivity contribution in [2.24, 2.45) is 5.92 Å². The van der Waals surface area contributed by atoms with Crippen LogP contribution in [-0.2, 0) is 4.74 Å². The molecule has 1 fully saturated rings. The Balaban J connectivity index is 1.58. The molecule has 0 amide bonds. The normalized spacial score (nSPS) is 19.1. The minimum Gasteiger partial charge on any atom is -0.396 e. The van der Waals surface area contributed by atoms with Crippen LogP contribution in [0.4, 0.5) is 0 Å². The van der Waals surface area contributed by atoms with E-state index in [-0.39, 0.29) is 0 Å². The van der Waals surface area contributed by atoms with Crippen LogP contribution in [0.3, 0.4) is 0 Å². The highest BCUT2D eigenvalue weighted by molar-refractivity contribution is 5.18. The fourth-order valence-corrected chi connectivity index (χ4v) is 2.72. The molecule has 0 radical (unpaired) electrons. The van der Waals surface area contributed by atoms with Crippen molar-refractivity contribution in [3.8, 4) is 0 Å². The van der Waals surface area contributed by atoms with Crippen molar-refractivity contribution in [1.29, 1.82) is 0 Å². The zero-order valence-electron chi connectivity index (χ0n) is 12.5. The van der Waals surface area contributed by atoms with Crippen LogP contribution in [0.25, 0.3) is 0 Å². The summed E-state index contributed by atoms with van der Waals surface area (Å²) < 4.78 is 5.81. The number of aliphatic hydroxyl groups is 1. The molecule has 1 N–H and O–H groups in total. The zero-order valence-corrected chi connectivity index (χ0v) is 12.5. The molecule has 0 bridgehead atoms. The second-order valence-electron chi connectivity index (χ2n) is 5.85. The Hall–Kier alpha value is -0.900. The average Bonchev–Trinajstić information content (AvgIpc) is 2.53. The van der Waals surface area contributed by atoms with Gasteiger partial charge in [0.05, 0.1) is 13.2 Å². The summed E-state index contributed by atoms with van der Waals surface area (Å²) in [6.07, 6.45) is 2.24. The van der Waals surface area contributed by atoms with Crippen molar-refractivity contribution in [2.75, 3.05) is 39.5 Å². The van der Waals surface area contributed by atoms with Crippen LogP contribution < -0.4 is 0 Å². The molecular formula is C17H27NO2. The van der Waals surface area contributed by atoms with Crippen LogP contribution in [0.1, 0.15) is 31.2 Å². The molecule has 0 saturated carbocycles. The summed E-state index contributed by atoms with van der Waals surface area (Å²) >= 11 is 0. The van der Waals surface area contributed by atoms with E-state index in [0.29, 0.717) is 18.4 Å². The fraction of sp³-hybridized carbons (Fsp3) is 0.647. The molecule has 1 heterocycles. The van der Waals surface area contributed by atoms with Gasteiger partial charge in [0.25, 0.3) is 0 Å². The molecule has 3 nitrogen and oxygen atoms in total. The predicted octanol–water partition coefficient (Wildman–Crippen LogP) is 2.51. The molecule has 0 unspecified atom stereocenters. The largest absolute Gasteiger partial charge is 0.396 e. The maximum absolute atomic E-state index is 9.12. The third-order valence-corrected chi connectivity index (χ3v) is 4.25. The van der Waals surface area contributed by atoms with Gasteiger partial charge in [-0.15, -0.1) is 0 Å². The van der Waals surface area contributed by atoms with E-state index >= 15 is 0 Å². The Kier molecular flexibility index (Phi) is 6.51. The van der Waals surface area contributed by atoms with Gasteiger partial charge in [0, 0.05) is 19.1 Å². The third-order valence-electron chi connectivity index (χ3n) is 4.25. The minimum absolute atomic E-state index is 0.346. The number of likely N-dealkylation sites (tertiary alicyclic amines) is 1. The highest BCUT2D eigenvalue weighted by Crippen LogP contribution is 2.17. The van der Waals surface area contributed by atoms with Gasteiger partial charge in [0.15, 0.2) is 0 Å². The van der Waals surface area contributed by atoms with Gasteiger partial charge >= 0.3 is 0 Å². The summed E-state index contributed by atoms with van der Waals surface area (Å²) in [6, 6.07) is 10.5. The summed E-state index contributed by atoms with van der Waals surface area (Å²) in [5, 5.41) is 9.12. The molecule has 3 heteroatoms. The van der Waals surface area contributed by atoms with Crippen molar-refractivity contribution in [3.05, 3.63) is 35.9 Å². The van der Waals surface area contributed by atoms with Gasteiger partial charge in [0.1, 0.15) is 0 Å². The van der Waals surface area contributed by atoms with Gasteiger partial charge in [-0.1, -0.05) is 37.3 Å². The van der Waals surface area contributed by atoms with Crippen molar-refractivity contribution in [1.82, 2.24) is 4.90 Å². The highest BCUT2D eigenvalue weighted by atomic mass is 16.5. The maximum atomic E-state index is 9.12. The molecule has 2 rings (SSSR count). The van der Waals surface area contributed by atoms with Crippen molar-refractivity contribution in [3.63, 3.8) is 0 Å². The molecule has 1 aliphatic rings. The number of hydrogen-bond acceptors (Lipinski definition) is 3. The molecule has 1 aromatic carbocycles. The van der Waals surface area contributed by atoms with Crippen molar-refractivity contribution >= 4 is 0 Å². The molecule has 1 atom stereocenters. The molecule has 1 saturated heterocycles. The SMILES string of the molecule is C[C@H](COCCN1CCC(CO)CC1)c1ccccc1. The topological polar surface area (TPSA) is 32.7 Å². The second kappa shape index (κ2) is 8.40. The lowest BCUT2D eigenvalue weighted by Gasteiger charge is -2.30. The first-order valence-electron chi connectivity index (χ1n) is 7.75. The second-order valence-corrected chi connectivity index (χ2v) is 5.85. The molecule has 20 heavy (non-hydrogen) atoms. The third kappa shape index (κ3) is 4.89. The molecule has 112 valence electrons. The van der Waals surface area contributed by atoms with E-state index in [1.807, 2.05) is 6.07 Å². The van der Waals surface area contributed by atoms with E-state index in [1.54, 1.807) is 0 Å². The minimum atomic E-state index is 0.346. The molecule has 0 aromatic heterocycles. The Morgan fingerprint density at radius 3 is 2.60 bits per heavy atom. The summed E-state index contributed by atoms with van der Waals surface area (Å²) in [5.41, 5.74) is 1.34. The highest BCUT2D eigenvalue weighted by Gasteiger charge is 2.17.